The van der Waals surface area contributed by atoms with Crippen LogP contribution in [0.4, 0.5) is 5.69 Å². The maximum absolute atomic E-state index is 12.8. The molecule has 0 saturated carbocycles. The van der Waals surface area contributed by atoms with Crippen molar-refractivity contribution in [2.45, 2.75) is 29.7 Å². The Morgan fingerprint density at radius 3 is 2.71 bits per heavy atom. The third-order valence-corrected chi connectivity index (χ3v) is 7.38. The molecule has 1 atom stereocenters. The van der Waals surface area contributed by atoms with E-state index in [9.17, 15) is 18.0 Å². The molecule has 148 valence electrons. The summed E-state index contributed by atoms with van der Waals surface area (Å²) in [6, 6.07) is 14.2. The van der Waals surface area contributed by atoms with Crippen molar-refractivity contribution >= 4 is 39.1 Å². The number of anilines is 1. The van der Waals surface area contributed by atoms with Crippen LogP contribution in [-0.4, -0.2) is 31.7 Å². The third kappa shape index (κ3) is 5.14. The van der Waals surface area contributed by atoms with Crippen molar-refractivity contribution in [2.24, 2.45) is 5.92 Å². The van der Waals surface area contributed by atoms with Gasteiger partial charge in [-0.15, -0.1) is 11.8 Å². The molecule has 2 amide bonds. The molecule has 0 spiro atoms. The second-order valence-electron chi connectivity index (χ2n) is 6.69. The standard InChI is InChI=1S/C20H22N2O4S2/c1-14(20(24)21-12-15-5-3-2-4-6-15)13-28(25,26)16-7-8-18-17(11-16)22-19(23)9-10-27-18/h2-8,11,14H,9-10,12-13H2,1H3,(H,21,24)(H,22,23)/t14-/m1/s1. The third-order valence-electron chi connectivity index (χ3n) is 4.40. The molecule has 0 aromatic heterocycles. The Kier molecular flexibility index (Phi) is 6.41. The first-order valence-electron chi connectivity index (χ1n) is 8.96. The van der Waals surface area contributed by atoms with E-state index >= 15 is 0 Å². The van der Waals surface area contributed by atoms with Crippen molar-refractivity contribution in [3.8, 4) is 0 Å². The van der Waals surface area contributed by atoms with E-state index in [4.69, 9.17) is 0 Å². The van der Waals surface area contributed by atoms with Gasteiger partial charge in [-0.1, -0.05) is 37.3 Å². The molecule has 1 aliphatic rings. The molecule has 3 rings (SSSR count). The van der Waals surface area contributed by atoms with Crippen LogP contribution in [-0.2, 0) is 26.0 Å². The monoisotopic (exact) mass is 418 g/mol. The summed E-state index contributed by atoms with van der Waals surface area (Å²) < 4.78 is 25.6. The zero-order chi connectivity index (χ0) is 20.1. The smallest absolute Gasteiger partial charge is 0.225 e. The molecule has 6 nitrogen and oxygen atoms in total. The first kappa shape index (κ1) is 20.4. The first-order valence-corrected chi connectivity index (χ1v) is 11.6. The van der Waals surface area contributed by atoms with Crippen LogP contribution in [0, 0.1) is 5.92 Å². The average Bonchev–Trinajstić information content (AvgIpc) is 2.86. The quantitative estimate of drug-likeness (QED) is 0.753. The van der Waals surface area contributed by atoms with Gasteiger partial charge in [0, 0.05) is 29.5 Å². The van der Waals surface area contributed by atoms with E-state index in [0.29, 0.717) is 24.4 Å². The lowest BCUT2D eigenvalue weighted by molar-refractivity contribution is -0.124. The summed E-state index contributed by atoms with van der Waals surface area (Å²) in [5, 5.41) is 5.52. The van der Waals surface area contributed by atoms with Crippen LogP contribution in [0.15, 0.2) is 58.3 Å². The van der Waals surface area contributed by atoms with E-state index < -0.39 is 15.8 Å². The van der Waals surface area contributed by atoms with Crippen molar-refractivity contribution in [3.05, 3.63) is 54.1 Å². The van der Waals surface area contributed by atoms with Gasteiger partial charge in [0.15, 0.2) is 9.84 Å². The maximum Gasteiger partial charge on any atom is 0.225 e. The SMILES string of the molecule is C[C@H](CS(=O)(=O)c1ccc2c(c1)NC(=O)CCS2)C(=O)NCc1ccccc1. The molecule has 0 saturated heterocycles. The van der Waals surface area contributed by atoms with Crippen molar-refractivity contribution in [1.29, 1.82) is 0 Å². The Morgan fingerprint density at radius 1 is 1.21 bits per heavy atom. The van der Waals surface area contributed by atoms with Crippen LogP contribution in [0.5, 0.6) is 0 Å². The second kappa shape index (κ2) is 8.79. The van der Waals surface area contributed by atoms with Gasteiger partial charge in [0.1, 0.15) is 0 Å². The van der Waals surface area contributed by atoms with E-state index in [1.54, 1.807) is 13.0 Å². The van der Waals surface area contributed by atoms with E-state index in [-0.39, 0.29) is 22.5 Å². The molecule has 28 heavy (non-hydrogen) atoms. The van der Waals surface area contributed by atoms with E-state index in [0.717, 1.165) is 10.5 Å². The Bertz CT molecular complexity index is 975. The van der Waals surface area contributed by atoms with Gasteiger partial charge in [-0.05, 0) is 23.8 Å². The molecule has 1 aliphatic heterocycles. The highest BCUT2D eigenvalue weighted by atomic mass is 32.2. The van der Waals surface area contributed by atoms with Crippen LogP contribution in [0.25, 0.3) is 0 Å². The van der Waals surface area contributed by atoms with Crippen LogP contribution in [0.3, 0.4) is 0 Å². The number of carbonyl (C=O) groups excluding carboxylic acids is 2. The van der Waals surface area contributed by atoms with E-state index in [1.807, 2.05) is 30.3 Å². The number of thioether (sulfide) groups is 1. The van der Waals surface area contributed by atoms with Gasteiger partial charge in [0.2, 0.25) is 11.8 Å². The average molecular weight is 419 g/mol. The number of hydrogen-bond acceptors (Lipinski definition) is 5. The Morgan fingerprint density at radius 2 is 1.96 bits per heavy atom. The molecule has 0 radical (unpaired) electrons. The fourth-order valence-corrected chi connectivity index (χ4v) is 5.36. The molecule has 0 unspecified atom stereocenters. The lowest BCUT2D eigenvalue weighted by Gasteiger charge is -2.14. The second-order valence-corrected chi connectivity index (χ2v) is 9.86. The Balaban J connectivity index is 1.67. The van der Waals surface area contributed by atoms with Crippen LogP contribution < -0.4 is 10.6 Å². The fourth-order valence-electron chi connectivity index (χ4n) is 2.85. The highest BCUT2D eigenvalue weighted by Crippen LogP contribution is 2.33. The lowest BCUT2D eigenvalue weighted by atomic mass is 10.2. The van der Waals surface area contributed by atoms with Crippen molar-refractivity contribution < 1.29 is 18.0 Å². The minimum Gasteiger partial charge on any atom is -0.352 e. The Hall–Kier alpha value is -2.32. The van der Waals surface area contributed by atoms with Crippen molar-refractivity contribution in [3.63, 3.8) is 0 Å². The number of amides is 2. The van der Waals surface area contributed by atoms with Crippen LogP contribution in [0.2, 0.25) is 0 Å². The summed E-state index contributed by atoms with van der Waals surface area (Å²) in [5.74, 6) is -0.783. The molecule has 8 heteroatoms. The lowest BCUT2D eigenvalue weighted by Crippen LogP contribution is -2.32. The highest BCUT2D eigenvalue weighted by molar-refractivity contribution is 7.99. The normalized spacial score (nSPS) is 15.1. The van der Waals surface area contributed by atoms with E-state index in [2.05, 4.69) is 10.6 Å². The molecule has 1 heterocycles. The van der Waals surface area contributed by atoms with Gasteiger partial charge < -0.3 is 10.6 Å². The molecule has 2 aromatic rings. The minimum absolute atomic E-state index is 0.108. The zero-order valence-corrected chi connectivity index (χ0v) is 17.1. The maximum atomic E-state index is 12.8. The summed E-state index contributed by atoms with van der Waals surface area (Å²) in [6.45, 7) is 1.95. The topological polar surface area (TPSA) is 92.3 Å². The summed E-state index contributed by atoms with van der Waals surface area (Å²) in [5.41, 5.74) is 1.46. The molecule has 2 aromatic carbocycles. The summed E-state index contributed by atoms with van der Waals surface area (Å²) >= 11 is 1.51. The fraction of sp³-hybridized carbons (Fsp3) is 0.300. The summed E-state index contributed by atoms with van der Waals surface area (Å²) in [6.07, 6.45) is 0.389. The van der Waals surface area contributed by atoms with Crippen molar-refractivity contribution in [1.82, 2.24) is 5.32 Å². The predicted molar refractivity (Wildman–Crippen MR) is 110 cm³/mol. The highest BCUT2D eigenvalue weighted by Gasteiger charge is 2.25. The molecule has 0 bridgehead atoms. The Labute approximate surface area is 169 Å². The van der Waals surface area contributed by atoms with E-state index in [1.165, 1.54) is 23.9 Å². The van der Waals surface area contributed by atoms with Gasteiger partial charge in [0.25, 0.3) is 0 Å². The molecular weight excluding hydrogens is 396 g/mol. The summed E-state index contributed by atoms with van der Waals surface area (Å²) in [4.78, 5) is 25.0. The molecule has 0 fully saturated rings. The number of carbonyl (C=O) groups is 2. The minimum atomic E-state index is -3.67. The van der Waals surface area contributed by atoms with Gasteiger partial charge >= 0.3 is 0 Å². The predicted octanol–water partition coefficient (Wildman–Crippen LogP) is 2.85. The van der Waals surface area contributed by atoms with Crippen LogP contribution in [0.1, 0.15) is 18.9 Å². The number of hydrogen-bond donors (Lipinski definition) is 2. The molecule has 2 N–H and O–H groups in total. The van der Waals surface area contributed by atoms with Gasteiger partial charge in [-0.25, -0.2) is 8.42 Å². The number of sulfone groups is 1. The zero-order valence-electron chi connectivity index (χ0n) is 15.5. The van der Waals surface area contributed by atoms with Gasteiger partial charge in [0.05, 0.1) is 16.3 Å². The largest absolute Gasteiger partial charge is 0.352 e. The van der Waals surface area contributed by atoms with Gasteiger partial charge in [-0.3, -0.25) is 9.59 Å². The van der Waals surface area contributed by atoms with Crippen molar-refractivity contribution in [2.75, 3.05) is 16.8 Å². The number of fused-ring (bicyclic) bond motifs is 1. The number of benzene rings is 2. The van der Waals surface area contributed by atoms with Crippen LogP contribution >= 0.6 is 11.8 Å². The number of nitrogens with one attached hydrogen (secondary N) is 2. The summed E-state index contributed by atoms with van der Waals surface area (Å²) in [7, 11) is -3.67. The number of rotatable bonds is 6. The molecular formula is C20H22N2O4S2. The molecule has 0 aliphatic carbocycles. The van der Waals surface area contributed by atoms with Gasteiger partial charge in [-0.2, -0.15) is 0 Å². The first-order chi connectivity index (χ1) is 13.3.